The Hall–Kier alpha value is -3.56. The Bertz CT molecular complexity index is 1700. The third-order valence-corrected chi connectivity index (χ3v) is 7.35. The summed E-state index contributed by atoms with van der Waals surface area (Å²) in [5, 5.41) is 9.69. The molecule has 0 amide bonds. The third-order valence-electron chi connectivity index (χ3n) is 5.90. The number of nitrogens with zero attached hydrogens (tertiary/aromatic N) is 2. The average molecular weight is 624 g/mol. The van der Waals surface area contributed by atoms with Gasteiger partial charge in [0, 0.05) is 16.1 Å². The van der Waals surface area contributed by atoms with Gasteiger partial charge in [0.2, 0.25) is 0 Å². The number of aromatic amines is 1. The first kappa shape index (κ1) is 30.4. The van der Waals surface area contributed by atoms with Gasteiger partial charge < -0.3 is 14.6 Å². The van der Waals surface area contributed by atoms with Crippen molar-refractivity contribution in [2.75, 3.05) is 0 Å². The summed E-state index contributed by atoms with van der Waals surface area (Å²) < 4.78 is 89.0. The van der Waals surface area contributed by atoms with E-state index in [1.807, 2.05) is 11.9 Å². The minimum atomic E-state index is -5.13. The van der Waals surface area contributed by atoms with Crippen molar-refractivity contribution in [1.29, 1.82) is 0 Å². The van der Waals surface area contributed by atoms with Crippen LogP contribution in [0.2, 0.25) is 5.02 Å². The van der Waals surface area contributed by atoms with Crippen molar-refractivity contribution in [1.82, 2.24) is 14.5 Å². The Morgan fingerprint density at radius 2 is 1.80 bits per heavy atom. The van der Waals surface area contributed by atoms with E-state index in [9.17, 15) is 41.0 Å². The van der Waals surface area contributed by atoms with Crippen LogP contribution in [0.15, 0.2) is 46.0 Å². The molecule has 2 N–H and O–H groups in total. The maximum Gasteiger partial charge on any atom is 0.573 e. The van der Waals surface area contributed by atoms with E-state index >= 15 is 0 Å². The second-order valence-corrected chi connectivity index (χ2v) is 10.2. The number of aliphatic hydroxyl groups excluding tert-OH is 1. The summed E-state index contributed by atoms with van der Waals surface area (Å²) in [6.45, 7) is 2.26. The van der Waals surface area contributed by atoms with Crippen LogP contribution in [-0.2, 0) is 13.0 Å². The molecule has 4 aromatic rings. The number of ether oxygens (including phenoxy) is 2. The first-order valence-electron chi connectivity index (χ1n) is 11.8. The van der Waals surface area contributed by atoms with Gasteiger partial charge in [-0.25, -0.2) is 9.78 Å². The summed E-state index contributed by atoms with van der Waals surface area (Å²) in [5.41, 5.74) is -1.27. The number of thiazole rings is 1. The van der Waals surface area contributed by atoms with Crippen LogP contribution in [0.3, 0.4) is 0 Å². The number of benzene rings is 2. The maximum atomic E-state index is 13.3. The van der Waals surface area contributed by atoms with E-state index in [0.717, 1.165) is 24.1 Å². The number of aryl methyl sites for hydroxylation is 1. The number of alkyl halides is 6. The standard InChI is InChI=1S/C25H20ClF6N3O5S/c1-3-12-4-6-14(15(26)8-12)11(2)39-16-7-5-13(9-17(16)40-25(30,31)32)21-33-19-20(37)34-23(38)35(22(19)41-21)10-18(36)24(27,28)29/h4-9,11,18,36H,3,10H2,1-2H3,(H,34,37,38)/t11-,18?/m1/s1. The highest BCUT2D eigenvalue weighted by atomic mass is 35.5. The zero-order chi connectivity index (χ0) is 30.3. The highest BCUT2D eigenvalue weighted by Gasteiger charge is 2.39. The lowest BCUT2D eigenvalue weighted by molar-refractivity contribution is -0.275. The van der Waals surface area contributed by atoms with Gasteiger partial charge in [0.15, 0.2) is 23.1 Å². The van der Waals surface area contributed by atoms with E-state index < -0.39 is 53.8 Å². The van der Waals surface area contributed by atoms with Crippen LogP contribution < -0.4 is 20.7 Å². The molecule has 41 heavy (non-hydrogen) atoms. The van der Waals surface area contributed by atoms with Crippen LogP contribution in [-0.4, -0.2) is 38.3 Å². The molecule has 2 atom stereocenters. The van der Waals surface area contributed by atoms with Gasteiger partial charge in [-0.15, -0.1) is 13.2 Å². The van der Waals surface area contributed by atoms with Crippen LogP contribution in [0.1, 0.15) is 31.1 Å². The van der Waals surface area contributed by atoms with Crippen LogP contribution >= 0.6 is 22.9 Å². The Kier molecular flexibility index (Phi) is 8.43. The van der Waals surface area contributed by atoms with Crippen LogP contribution in [0.5, 0.6) is 11.5 Å². The lowest BCUT2D eigenvalue weighted by Crippen LogP contribution is -2.38. The van der Waals surface area contributed by atoms with Gasteiger partial charge >= 0.3 is 18.2 Å². The number of rotatable bonds is 8. The van der Waals surface area contributed by atoms with Gasteiger partial charge in [-0.1, -0.05) is 42.0 Å². The number of aliphatic hydroxyl groups is 1. The minimum absolute atomic E-state index is 0.0226. The number of aromatic nitrogens is 3. The molecule has 2 aromatic carbocycles. The Balaban J connectivity index is 1.75. The molecule has 4 rings (SSSR count). The quantitative estimate of drug-likeness (QED) is 0.234. The Labute approximate surface area is 235 Å². The summed E-state index contributed by atoms with van der Waals surface area (Å²) in [4.78, 5) is 30.0. The van der Waals surface area contributed by atoms with Gasteiger partial charge in [0.1, 0.15) is 15.9 Å². The van der Waals surface area contributed by atoms with Crippen LogP contribution in [0.4, 0.5) is 26.3 Å². The molecular weight excluding hydrogens is 604 g/mol. The van der Waals surface area contributed by atoms with Crippen molar-refractivity contribution in [3.63, 3.8) is 0 Å². The fourth-order valence-electron chi connectivity index (χ4n) is 3.84. The molecule has 220 valence electrons. The SMILES string of the molecule is CCc1ccc([C@@H](C)Oc2ccc(-c3nc4c(=O)[nH]c(=O)n(CC(O)C(F)(F)F)c4s3)cc2OC(F)(F)F)c(Cl)c1. The Morgan fingerprint density at radius 1 is 1.10 bits per heavy atom. The van der Waals surface area contributed by atoms with Gasteiger partial charge in [-0.3, -0.25) is 14.3 Å². The number of hydrogen-bond donors (Lipinski definition) is 2. The monoisotopic (exact) mass is 623 g/mol. The van der Waals surface area contributed by atoms with Crippen LogP contribution in [0.25, 0.3) is 20.9 Å². The predicted molar refractivity (Wildman–Crippen MR) is 139 cm³/mol. The molecule has 0 spiro atoms. The van der Waals surface area contributed by atoms with Crippen molar-refractivity contribution in [2.45, 2.75) is 51.6 Å². The fraction of sp³-hybridized carbons (Fsp3) is 0.320. The number of nitrogens with one attached hydrogen (secondary N) is 1. The molecule has 0 saturated heterocycles. The van der Waals surface area contributed by atoms with E-state index in [1.165, 1.54) is 6.07 Å². The third kappa shape index (κ3) is 6.85. The molecule has 2 aromatic heterocycles. The molecule has 0 aliphatic rings. The molecule has 0 aliphatic heterocycles. The van der Waals surface area contributed by atoms with Crippen molar-refractivity contribution in [2.24, 2.45) is 0 Å². The van der Waals surface area contributed by atoms with E-state index in [1.54, 1.807) is 25.1 Å². The first-order chi connectivity index (χ1) is 19.1. The molecule has 0 fully saturated rings. The maximum absolute atomic E-state index is 13.3. The van der Waals surface area contributed by atoms with Crippen molar-refractivity contribution in [3.05, 3.63) is 73.4 Å². The van der Waals surface area contributed by atoms with E-state index in [-0.39, 0.29) is 21.2 Å². The van der Waals surface area contributed by atoms with E-state index in [4.69, 9.17) is 16.3 Å². The number of H-pyrrole nitrogens is 1. The predicted octanol–water partition coefficient (Wildman–Crippen LogP) is 5.99. The van der Waals surface area contributed by atoms with Crippen molar-refractivity contribution >= 4 is 33.3 Å². The van der Waals surface area contributed by atoms with Crippen molar-refractivity contribution in [3.8, 4) is 22.1 Å². The average Bonchev–Trinajstić information content (AvgIpc) is 3.32. The van der Waals surface area contributed by atoms with Gasteiger partial charge in [0.05, 0.1) is 6.54 Å². The van der Waals surface area contributed by atoms with Crippen LogP contribution in [0, 0.1) is 0 Å². The number of halogens is 7. The summed E-state index contributed by atoms with van der Waals surface area (Å²) in [6.07, 6.45) is -13.2. The topological polar surface area (TPSA) is 106 Å². The molecule has 16 heteroatoms. The van der Waals surface area contributed by atoms with Gasteiger partial charge in [-0.2, -0.15) is 13.2 Å². The van der Waals surface area contributed by atoms with Gasteiger partial charge in [-0.05, 0) is 43.2 Å². The molecule has 0 radical (unpaired) electrons. The smallest absolute Gasteiger partial charge is 0.482 e. The summed E-state index contributed by atoms with van der Waals surface area (Å²) in [6, 6.07) is 8.60. The zero-order valence-corrected chi connectivity index (χ0v) is 22.6. The lowest BCUT2D eigenvalue weighted by Gasteiger charge is -2.20. The second kappa shape index (κ2) is 11.4. The molecule has 1 unspecified atom stereocenters. The highest BCUT2D eigenvalue weighted by Crippen LogP contribution is 2.40. The summed E-state index contributed by atoms with van der Waals surface area (Å²) in [7, 11) is 0. The number of fused-ring (bicyclic) bond motifs is 1. The normalized spacial score (nSPS) is 13.8. The largest absolute Gasteiger partial charge is 0.573 e. The summed E-state index contributed by atoms with van der Waals surface area (Å²) >= 11 is 6.89. The highest BCUT2D eigenvalue weighted by molar-refractivity contribution is 7.21. The van der Waals surface area contributed by atoms with E-state index in [2.05, 4.69) is 9.72 Å². The fourth-order valence-corrected chi connectivity index (χ4v) is 5.27. The zero-order valence-electron chi connectivity index (χ0n) is 21.1. The minimum Gasteiger partial charge on any atom is -0.482 e. The molecule has 2 heterocycles. The van der Waals surface area contributed by atoms with Gasteiger partial charge in [0.25, 0.3) is 5.56 Å². The molecule has 0 saturated carbocycles. The summed E-state index contributed by atoms with van der Waals surface area (Å²) in [5.74, 6) is -1.07. The molecular formula is C25H20ClF6N3O5S. The molecule has 0 aliphatic carbocycles. The van der Waals surface area contributed by atoms with Crippen molar-refractivity contribution < 1.29 is 40.9 Å². The molecule has 0 bridgehead atoms. The number of hydrogen-bond acceptors (Lipinski definition) is 7. The second-order valence-electron chi connectivity index (χ2n) is 8.78. The lowest BCUT2D eigenvalue weighted by atomic mass is 10.1. The Morgan fingerprint density at radius 3 is 2.41 bits per heavy atom. The van der Waals surface area contributed by atoms with E-state index in [0.29, 0.717) is 26.5 Å². The molecule has 8 nitrogen and oxygen atoms in total. The first-order valence-corrected chi connectivity index (χ1v) is 13.0.